The highest BCUT2D eigenvalue weighted by Gasteiger charge is 2.40. The second-order valence-corrected chi connectivity index (χ2v) is 8.19. The number of morpholine rings is 1. The van der Waals surface area contributed by atoms with Crippen molar-refractivity contribution in [1.29, 1.82) is 0 Å². The topological polar surface area (TPSA) is 88.2 Å². The number of ether oxygens (including phenoxy) is 2. The van der Waals surface area contributed by atoms with E-state index in [0.29, 0.717) is 43.0 Å². The molecular formula is C25H27N3O5. The Morgan fingerprint density at radius 3 is 2.67 bits per heavy atom. The Balaban J connectivity index is 1.35. The van der Waals surface area contributed by atoms with Crippen LogP contribution >= 0.6 is 0 Å². The van der Waals surface area contributed by atoms with E-state index in [4.69, 9.17) is 15.0 Å². The van der Waals surface area contributed by atoms with E-state index in [-0.39, 0.29) is 54.6 Å². The van der Waals surface area contributed by atoms with Crippen LogP contribution in [0.15, 0.2) is 42.4 Å². The molecule has 3 heterocycles. The van der Waals surface area contributed by atoms with E-state index in [1.54, 1.807) is 18.2 Å². The number of imide groups is 1. The molecule has 0 spiro atoms. The molecule has 2 aromatic carbocycles. The number of piperidine rings is 1. The fourth-order valence-electron chi connectivity index (χ4n) is 4.26. The van der Waals surface area contributed by atoms with Crippen LogP contribution in [0.3, 0.4) is 0 Å². The van der Waals surface area contributed by atoms with Crippen LogP contribution in [0.25, 0.3) is 0 Å². The van der Waals surface area contributed by atoms with E-state index < -0.39 is 25.1 Å². The number of rotatable bonds is 6. The molecule has 3 aliphatic heterocycles. The second kappa shape index (κ2) is 9.33. The van der Waals surface area contributed by atoms with E-state index >= 15 is 0 Å². The summed E-state index contributed by atoms with van der Waals surface area (Å²) >= 11 is 0. The van der Waals surface area contributed by atoms with Crippen LogP contribution in [-0.2, 0) is 34.0 Å². The number of nitrogens with zero attached hydrogens (tertiary/aromatic N) is 2. The first-order valence-corrected chi connectivity index (χ1v) is 10.9. The molecule has 0 aliphatic carbocycles. The lowest BCUT2D eigenvalue weighted by molar-refractivity contribution is -0.136. The van der Waals surface area contributed by atoms with Crippen LogP contribution in [0.1, 0.15) is 45.4 Å². The third-order valence-corrected chi connectivity index (χ3v) is 6.01. The fraction of sp³-hybridized carbons (Fsp3) is 0.400. The quantitative estimate of drug-likeness (QED) is 0.672. The van der Waals surface area contributed by atoms with Gasteiger partial charge in [0.25, 0.3) is 5.91 Å². The van der Waals surface area contributed by atoms with E-state index in [2.05, 4.69) is 5.32 Å². The van der Waals surface area contributed by atoms with Crippen molar-refractivity contribution >= 4 is 17.7 Å². The zero-order valence-electron chi connectivity index (χ0n) is 22.0. The van der Waals surface area contributed by atoms with Gasteiger partial charge in [-0.1, -0.05) is 30.3 Å². The third kappa shape index (κ3) is 4.62. The highest BCUT2D eigenvalue weighted by Crippen LogP contribution is 2.34. The highest BCUT2D eigenvalue weighted by atomic mass is 16.5. The molecule has 2 aromatic rings. The van der Waals surface area contributed by atoms with Crippen LogP contribution in [0, 0.1) is 0 Å². The van der Waals surface area contributed by atoms with Crippen molar-refractivity contribution in [3.63, 3.8) is 0 Å². The fourth-order valence-corrected chi connectivity index (χ4v) is 4.26. The van der Waals surface area contributed by atoms with Gasteiger partial charge in [0.1, 0.15) is 18.4 Å². The number of hydrogen-bond donors (Lipinski definition) is 1. The average molecular weight is 454 g/mol. The molecule has 2 fully saturated rings. The van der Waals surface area contributed by atoms with Crippen LogP contribution in [0.2, 0.25) is 0 Å². The number of amides is 3. The minimum absolute atomic E-state index is 0.0573. The molecule has 172 valence electrons. The van der Waals surface area contributed by atoms with Crippen LogP contribution in [-0.4, -0.2) is 59.9 Å². The predicted octanol–water partition coefficient (Wildman–Crippen LogP) is 1.86. The number of benzene rings is 2. The van der Waals surface area contributed by atoms with E-state index in [9.17, 15) is 14.4 Å². The SMILES string of the molecule is [2H]c1cc(C([2H])N2CCOCC2)cc([2H])c1C([2H])Oc1cccc2c1CN(C1CCC(=O)NC1=O)C2=O. The maximum Gasteiger partial charge on any atom is 0.255 e. The highest BCUT2D eigenvalue weighted by molar-refractivity contribution is 6.05. The number of fused-ring (bicyclic) bond motifs is 1. The molecule has 3 aliphatic rings. The molecule has 3 unspecified atom stereocenters. The number of carbonyl (C=O) groups is 3. The van der Waals surface area contributed by atoms with Gasteiger partial charge in [0.15, 0.2) is 0 Å². The molecule has 33 heavy (non-hydrogen) atoms. The zero-order valence-corrected chi connectivity index (χ0v) is 18.0. The van der Waals surface area contributed by atoms with Gasteiger partial charge < -0.3 is 14.4 Å². The summed E-state index contributed by atoms with van der Waals surface area (Å²) in [5.41, 5.74) is 1.42. The summed E-state index contributed by atoms with van der Waals surface area (Å²) in [4.78, 5) is 40.2. The smallest absolute Gasteiger partial charge is 0.255 e. The standard InChI is InChI=1S/C25H27N3O5/c29-23-9-8-21(24(30)26-23)28-15-20-19(25(28)31)2-1-3-22(20)33-16-18-6-4-17(5-7-18)14-27-10-12-32-13-11-27/h1-7,21H,8-16H2,(H,26,29,30)/i6D,7D,14D,16D. The largest absolute Gasteiger partial charge is 0.489 e. The van der Waals surface area contributed by atoms with Crippen LogP contribution < -0.4 is 10.1 Å². The van der Waals surface area contributed by atoms with Crippen molar-refractivity contribution in [3.05, 3.63) is 64.7 Å². The molecule has 8 heteroatoms. The van der Waals surface area contributed by atoms with Gasteiger partial charge in [-0.25, -0.2) is 0 Å². The maximum absolute atomic E-state index is 13.0. The number of carbonyl (C=O) groups excluding carboxylic acids is 3. The summed E-state index contributed by atoms with van der Waals surface area (Å²) in [6, 6.07) is 6.94. The number of hydrogen-bond acceptors (Lipinski definition) is 6. The van der Waals surface area contributed by atoms with Crippen molar-refractivity contribution in [3.8, 4) is 5.75 Å². The van der Waals surface area contributed by atoms with E-state index in [1.165, 1.54) is 17.0 Å². The summed E-state index contributed by atoms with van der Waals surface area (Å²) < 4.78 is 45.2. The van der Waals surface area contributed by atoms with Crippen molar-refractivity contribution in [2.45, 2.75) is 38.5 Å². The van der Waals surface area contributed by atoms with Gasteiger partial charge in [-0.3, -0.25) is 24.6 Å². The summed E-state index contributed by atoms with van der Waals surface area (Å²) in [5, 5.41) is 2.27. The zero-order chi connectivity index (χ0) is 26.3. The molecule has 0 bridgehead atoms. The van der Waals surface area contributed by atoms with E-state index in [0.717, 1.165) is 0 Å². The molecule has 0 saturated carbocycles. The minimum Gasteiger partial charge on any atom is -0.489 e. The second-order valence-electron chi connectivity index (χ2n) is 8.19. The van der Waals surface area contributed by atoms with Gasteiger partial charge in [-0.2, -0.15) is 0 Å². The Bertz CT molecular complexity index is 1230. The van der Waals surface area contributed by atoms with Crippen molar-refractivity contribution in [2.75, 3.05) is 26.3 Å². The maximum atomic E-state index is 13.0. The third-order valence-electron chi connectivity index (χ3n) is 6.01. The van der Waals surface area contributed by atoms with E-state index in [1.807, 2.05) is 4.90 Å². The van der Waals surface area contributed by atoms with Gasteiger partial charge in [0, 0.05) is 38.5 Å². The lowest BCUT2D eigenvalue weighted by Crippen LogP contribution is -2.52. The first kappa shape index (κ1) is 17.3. The van der Waals surface area contributed by atoms with Gasteiger partial charge in [0.05, 0.1) is 23.9 Å². The Morgan fingerprint density at radius 2 is 1.91 bits per heavy atom. The Labute approximate surface area is 198 Å². The molecule has 0 radical (unpaired) electrons. The van der Waals surface area contributed by atoms with Gasteiger partial charge in [-0.15, -0.1) is 0 Å². The Morgan fingerprint density at radius 1 is 1.12 bits per heavy atom. The number of nitrogens with one attached hydrogen (secondary N) is 1. The summed E-state index contributed by atoms with van der Waals surface area (Å²) in [6.07, 6.45) is 0.383. The lowest BCUT2D eigenvalue weighted by Gasteiger charge is -2.29. The Hall–Kier alpha value is -3.23. The molecule has 3 amide bonds. The Kier molecular flexibility index (Phi) is 4.88. The molecule has 2 saturated heterocycles. The average Bonchev–Trinajstić information content (AvgIpc) is 3.21. The molecule has 3 atom stereocenters. The first-order chi connectivity index (χ1) is 17.7. The van der Waals surface area contributed by atoms with Gasteiger partial charge >= 0.3 is 0 Å². The summed E-state index contributed by atoms with van der Waals surface area (Å²) in [6.45, 7) is 0.184. The van der Waals surface area contributed by atoms with Crippen molar-refractivity contribution in [1.82, 2.24) is 15.1 Å². The van der Waals surface area contributed by atoms with Gasteiger partial charge in [0.2, 0.25) is 11.8 Å². The van der Waals surface area contributed by atoms with Crippen molar-refractivity contribution in [2.24, 2.45) is 0 Å². The first-order valence-electron chi connectivity index (χ1n) is 13.1. The predicted molar refractivity (Wildman–Crippen MR) is 119 cm³/mol. The molecule has 8 nitrogen and oxygen atoms in total. The monoisotopic (exact) mass is 453 g/mol. The molecular weight excluding hydrogens is 422 g/mol. The van der Waals surface area contributed by atoms with Crippen LogP contribution in [0.5, 0.6) is 5.75 Å². The van der Waals surface area contributed by atoms with Gasteiger partial charge in [-0.05, 0) is 29.7 Å². The normalized spacial score (nSPS) is 24.8. The summed E-state index contributed by atoms with van der Waals surface area (Å²) in [7, 11) is 0. The van der Waals surface area contributed by atoms with Crippen LogP contribution in [0.4, 0.5) is 0 Å². The molecule has 5 rings (SSSR count). The minimum atomic E-state index is -1.41. The molecule has 0 aromatic heterocycles. The molecule has 1 N–H and O–H groups in total. The lowest BCUT2D eigenvalue weighted by atomic mass is 10.0. The van der Waals surface area contributed by atoms with Crippen molar-refractivity contribution < 1.29 is 29.3 Å². The summed E-state index contributed by atoms with van der Waals surface area (Å²) in [5.74, 6) is -0.972.